The fourth-order valence-corrected chi connectivity index (χ4v) is 2.27. The number of nitrogens with one attached hydrogen (secondary N) is 1. The van der Waals surface area contributed by atoms with Crippen LogP contribution in [0.2, 0.25) is 0 Å². The molecule has 1 aliphatic rings. The second-order valence-electron chi connectivity index (χ2n) is 5.04. The minimum absolute atomic E-state index is 0.153. The zero-order chi connectivity index (χ0) is 14.0. The number of benzene rings is 1. The minimum Gasteiger partial charge on any atom is -0.480 e. The number of amides is 2. The lowest BCUT2D eigenvalue weighted by Gasteiger charge is -2.23. The summed E-state index contributed by atoms with van der Waals surface area (Å²) in [5, 5.41) is 11.7. The molecule has 5 nitrogen and oxygen atoms in total. The summed E-state index contributed by atoms with van der Waals surface area (Å²) >= 11 is 0. The summed E-state index contributed by atoms with van der Waals surface area (Å²) in [6.07, 6.45) is 0.809. The van der Waals surface area contributed by atoms with E-state index in [1.807, 2.05) is 24.3 Å². The fraction of sp³-hybridized carbons (Fsp3) is 0.429. The van der Waals surface area contributed by atoms with E-state index in [4.69, 9.17) is 5.11 Å². The standard InChI is InChI=1S/C14H18N2O3/c1-9(2)12(13(17)18)15-14(19)16-8-7-10-5-3-4-6-11(10)16/h3-6,9,12H,7-8H2,1-2H3,(H,15,19)(H,17,18)/t12-/m1/s1. The third-order valence-corrected chi connectivity index (χ3v) is 3.34. The number of hydrogen-bond donors (Lipinski definition) is 2. The first kappa shape index (κ1) is 13.4. The lowest BCUT2D eigenvalue weighted by atomic mass is 10.1. The number of carboxylic acids is 1. The second kappa shape index (κ2) is 5.30. The first-order chi connectivity index (χ1) is 9.00. The van der Waals surface area contributed by atoms with Crippen molar-refractivity contribution in [2.24, 2.45) is 5.92 Å². The van der Waals surface area contributed by atoms with Crippen molar-refractivity contribution in [3.05, 3.63) is 29.8 Å². The predicted molar refractivity (Wildman–Crippen MR) is 72.3 cm³/mol. The van der Waals surface area contributed by atoms with Gasteiger partial charge in [-0.05, 0) is 24.0 Å². The Labute approximate surface area is 112 Å². The number of aliphatic carboxylic acids is 1. The Morgan fingerprint density at radius 3 is 2.63 bits per heavy atom. The molecule has 2 amide bonds. The van der Waals surface area contributed by atoms with E-state index in [0.717, 1.165) is 17.7 Å². The number of nitrogens with zero attached hydrogens (tertiary/aromatic N) is 1. The highest BCUT2D eigenvalue weighted by Gasteiger charge is 2.29. The molecule has 0 saturated carbocycles. The van der Waals surface area contributed by atoms with Crippen molar-refractivity contribution in [3.8, 4) is 0 Å². The topological polar surface area (TPSA) is 69.6 Å². The van der Waals surface area contributed by atoms with Gasteiger partial charge in [0, 0.05) is 12.2 Å². The van der Waals surface area contributed by atoms with Crippen molar-refractivity contribution < 1.29 is 14.7 Å². The normalized spacial score (nSPS) is 15.2. The van der Waals surface area contributed by atoms with E-state index in [-0.39, 0.29) is 11.9 Å². The average Bonchev–Trinajstić information content (AvgIpc) is 2.78. The van der Waals surface area contributed by atoms with E-state index in [0.29, 0.717) is 6.54 Å². The summed E-state index contributed by atoms with van der Waals surface area (Å²) in [7, 11) is 0. The van der Waals surface area contributed by atoms with Gasteiger partial charge in [0.2, 0.25) is 0 Å². The van der Waals surface area contributed by atoms with Gasteiger partial charge in [0.05, 0.1) is 0 Å². The minimum atomic E-state index is -1.00. The second-order valence-corrected chi connectivity index (χ2v) is 5.04. The Balaban J connectivity index is 2.12. The number of hydrogen-bond acceptors (Lipinski definition) is 2. The van der Waals surface area contributed by atoms with Gasteiger partial charge in [0.25, 0.3) is 0 Å². The first-order valence-electron chi connectivity index (χ1n) is 6.39. The molecule has 1 atom stereocenters. The van der Waals surface area contributed by atoms with Gasteiger partial charge >= 0.3 is 12.0 Å². The number of anilines is 1. The van der Waals surface area contributed by atoms with Crippen LogP contribution in [0.15, 0.2) is 24.3 Å². The first-order valence-corrected chi connectivity index (χ1v) is 6.39. The van der Waals surface area contributed by atoms with E-state index in [1.54, 1.807) is 18.7 Å². The zero-order valence-corrected chi connectivity index (χ0v) is 11.1. The number of urea groups is 1. The van der Waals surface area contributed by atoms with Crippen molar-refractivity contribution in [2.45, 2.75) is 26.3 Å². The van der Waals surface area contributed by atoms with Gasteiger partial charge in [-0.3, -0.25) is 4.90 Å². The van der Waals surface area contributed by atoms with Gasteiger partial charge in [-0.25, -0.2) is 9.59 Å². The molecule has 0 aliphatic carbocycles. The molecule has 102 valence electrons. The van der Waals surface area contributed by atoms with E-state index in [2.05, 4.69) is 5.32 Å². The molecule has 0 bridgehead atoms. The number of carbonyl (C=O) groups excluding carboxylic acids is 1. The number of carbonyl (C=O) groups is 2. The van der Waals surface area contributed by atoms with Crippen LogP contribution in [-0.4, -0.2) is 29.7 Å². The maximum Gasteiger partial charge on any atom is 0.326 e. The molecule has 0 spiro atoms. The Morgan fingerprint density at radius 1 is 1.32 bits per heavy atom. The molecule has 1 heterocycles. The largest absolute Gasteiger partial charge is 0.480 e. The molecule has 1 aromatic carbocycles. The van der Waals surface area contributed by atoms with Crippen LogP contribution < -0.4 is 10.2 Å². The molecule has 1 aromatic rings. The highest BCUT2D eigenvalue weighted by atomic mass is 16.4. The number of rotatable bonds is 3. The smallest absolute Gasteiger partial charge is 0.326 e. The summed E-state index contributed by atoms with van der Waals surface area (Å²) in [5.74, 6) is -1.16. The van der Waals surface area contributed by atoms with Crippen LogP contribution in [0, 0.1) is 5.92 Å². The van der Waals surface area contributed by atoms with Gasteiger partial charge in [-0.1, -0.05) is 32.0 Å². The van der Waals surface area contributed by atoms with Crippen LogP contribution >= 0.6 is 0 Å². The summed E-state index contributed by atoms with van der Waals surface area (Å²) in [4.78, 5) is 24.9. The molecule has 0 aromatic heterocycles. The van der Waals surface area contributed by atoms with Gasteiger partial charge in [0.15, 0.2) is 0 Å². The molecule has 0 unspecified atom stereocenters. The van der Waals surface area contributed by atoms with Crippen molar-refractivity contribution in [1.82, 2.24) is 5.32 Å². The van der Waals surface area contributed by atoms with Crippen LogP contribution in [0.4, 0.5) is 10.5 Å². The zero-order valence-electron chi connectivity index (χ0n) is 11.1. The van der Waals surface area contributed by atoms with Crippen LogP contribution in [0.25, 0.3) is 0 Å². The average molecular weight is 262 g/mol. The summed E-state index contributed by atoms with van der Waals surface area (Å²) < 4.78 is 0. The lowest BCUT2D eigenvalue weighted by Crippen LogP contribution is -2.49. The highest BCUT2D eigenvalue weighted by molar-refractivity contribution is 5.96. The number of fused-ring (bicyclic) bond motifs is 1. The van der Waals surface area contributed by atoms with Crippen molar-refractivity contribution in [3.63, 3.8) is 0 Å². The summed E-state index contributed by atoms with van der Waals surface area (Å²) in [5.41, 5.74) is 1.99. The van der Waals surface area contributed by atoms with Crippen molar-refractivity contribution in [1.29, 1.82) is 0 Å². The van der Waals surface area contributed by atoms with Crippen molar-refractivity contribution >= 4 is 17.7 Å². The van der Waals surface area contributed by atoms with Crippen LogP contribution in [0.3, 0.4) is 0 Å². The summed E-state index contributed by atoms with van der Waals surface area (Å²) in [6, 6.07) is 6.48. The molecular weight excluding hydrogens is 244 g/mol. The van der Waals surface area contributed by atoms with Crippen LogP contribution in [0.1, 0.15) is 19.4 Å². The van der Waals surface area contributed by atoms with Gasteiger partial charge < -0.3 is 10.4 Å². The van der Waals surface area contributed by atoms with Gasteiger partial charge in [-0.2, -0.15) is 0 Å². The molecule has 19 heavy (non-hydrogen) atoms. The highest BCUT2D eigenvalue weighted by Crippen LogP contribution is 2.27. The van der Waals surface area contributed by atoms with E-state index >= 15 is 0 Å². The van der Waals surface area contributed by atoms with Crippen LogP contribution in [0.5, 0.6) is 0 Å². The van der Waals surface area contributed by atoms with Crippen LogP contribution in [-0.2, 0) is 11.2 Å². The molecule has 2 N–H and O–H groups in total. The van der Waals surface area contributed by atoms with Gasteiger partial charge in [-0.15, -0.1) is 0 Å². The molecule has 0 radical (unpaired) electrons. The molecule has 0 fully saturated rings. The number of carboxylic acid groups (broad SMARTS) is 1. The third kappa shape index (κ3) is 2.70. The lowest BCUT2D eigenvalue weighted by molar-refractivity contribution is -0.140. The monoisotopic (exact) mass is 262 g/mol. The summed E-state index contributed by atoms with van der Waals surface area (Å²) in [6.45, 7) is 4.14. The van der Waals surface area contributed by atoms with E-state index in [9.17, 15) is 9.59 Å². The Morgan fingerprint density at radius 2 is 2.00 bits per heavy atom. The van der Waals surface area contributed by atoms with Crippen molar-refractivity contribution in [2.75, 3.05) is 11.4 Å². The molecule has 0 saturated heterocycles. The maximum atomic E-state index is 12.2. The maximum absolute atomic E-state index is 12.2. The fourth-order valence-electron chi connectivity index (χ4n) is 2.27. The third-order valence-electron chi connectivity index (χ3n) is 3.34. The molecule has 2 rings (SSSR count). The van der Waals surface area contributed by atoms with E-state index < -0.39 is 12.0 Å². The predicted octanol–water partition coefficient (Wildman–Crippen LogP) is 1.87. The molecule has 1 aliphatic heterocycles. The Bertz CT molecular complexity index is 499. The number of para-hydroxylation sites is 1. The molecule has 5 heteroatoms. The Hall–Kier alpha value is -2.04. The van der Waals surface area contributed by atoms with Gasteiger partial charge in [0.1, 0.15) is 6.04 Å². The Kier molecular flexibility index (Phi) is 3.74. The quantitative estimate of drug-likeness (QED) is 0.873. The molecular formula is C14H18N2O3. The van der Waals surface area contributed by atoms with E-state index in [1.165, 1.54) is 0 Å². The SMILES string of the molecule is CC(C)[C@@H](NC(=O)N1CCc2ccccc21)C(=O)O.